The van der Waals surface area contributed by atoms with Gasteiger partial charge in [0.25, 0.3) is 5.69 Å². The number of rotatable bonds is 5. The zero-order chi connectivity index (χ0) is 18.2. The number of nitro groups is 1. The number of carbonyl (C=O) groups excluding carboxylic acids is 2. The van der Waals surface area contributed by atoms with E-state index in [4.69, 9.17) is 4.74 Å². The number of amides is 2. The molecule has 0 saturated carbocycles. The number of nitrogens with one attached hydrogen (secondary N) is 2. The van der Waals surface area contributed by atoms with Gasteiger partial charge < -0.3 is 10.1 Å². The van der Waals surface area contributed by atoms with Crippen LogP contribution in [0.5, 0.6) is 5.75 Å². The summed E-state index contributed by atoms with van der Waals surface area (Å²) in [4.78, 5) is 33.5. The minimum atomic E-state index is -0.957. The molecule has 0 aliphatic carbocycles. The molecule has 0 heterocycles. The average molecular weight is 342 g/mol. The number of nitrogens with zero attached hydrogens (tertiary/aromatic N) is 2. The predicted molar refractivity (Wildman–Crippen MR) is 90.5 cm³/mol. The van der Waals surface area contributed by atoms with Gasteiger partial charge in [0.15, 0.2) is 0 Å². The minimum absolute atomic E-state index is 0.0566. The first-order valence-corrected chi connectivity index (χ1v) is 7.02. The summed E-state index contributed by atoms with van der Waals surface area (Å²) in [5.41, 5.74) is 2.94. The van der Waals surface area contributed by atoms with Crippen LogP contribution in [0.15, 0.2) is 53.6 Å². The summed E-state index contributed by atoms with van der Waals surface area (Å²) < 4.78 is 5.02. The highest BCUT2D eigenvalue weighted by Gasteiger charge is 2.13. The lowest BCUT2D eigenvalue weighted by atomic mass is 10.2. The van der Waals surface area contributed by atoms with E-state index in [0.29, 0.717) is 17.0 Å². The summed E-state index contributed by atoms with van der Waals surface area (Å²) in [6.07, 6.45) is 1.26. The number of non-ortho nitro benzene ring substituents is 1. The van der Waals surface area contributed by atoms with Crippen molar-refractivity contribution in [3.63, 3.8) is 0 Å². The van der Waals surface area contributed by atoms with Gasteiger partial charge in [-0.2, -0.15) is 5.10 Å². The number of carbonyl (C=O) groups is 2. The number of benzene rings is 2. The number of anilines is 1. The predicted octanol–water partition coefficient (Wildman–Crippen LogP) is 1.69. The van der Waals surface area contributed by atoms with Crippen molar-refractivity contribution >= 4 is 29.4 Å². The van der Waals surface area contributed by atoms with Gasteiger partial charge in [-0.25, -0.2) is 5.43 Å². The monoisotopic (exact) mass is 342 g/mol. The lowest BCUT2D eigenvalue weighted by Crippen LogP contribution is -2.32. The third kappa shape index (κ3) is 5.13. The maximum atomic E-state index is 11.8. The van der Waals surface area contributed by atoms with Crippen molar-refractivity contribution < 1.29 is 19.2 Å². The Kier molecular flexibility index (Phi) is 5.77. The van der Waals surface area contributed by atoms with Crippen molar-refractivity contribution in [2.24, 2.45) is 5.10 Å². The standard InChI is InChI=1S/C16H14N4O5/c1-25-14-4-2-3-12(9-14)18-15(21)16(22)19-17-10-11-5-7-13(8-6-11)20(23)24/h2-10H,1H3,(H,18,21)(H,19,22)/b17-10-. The molecule has 9 nitrogen and oxygen atoms in total. The maximum absolute atomic E-state index is 11.8. The van der Waals surface area contributed by atoms with Gasteiger partial charge in [0.05, 0.1) is 18.2 Å². The summed E-state index contributed by atoms with van der Waals surface area (Å²) in [6.45, 7) is 0. The van der Waals surface area contributed by atoms with Gasteiger partial charge in [0.2, 0.25) is 0 Å². The molecule has 0 spiro atoms. The second-order valence-electron chi connectivity index (χ2n) is 4.73. The summed E-state index contributed by atoms with van der Waals surface area (Å²) in [5, 5.41) is 16.6. The molecule has 2 rings (SSSR count). The highest BCUT2D eigenvalue weighted by atomic mass is 16.6. The molecule has 0 bridgehead atoms. The van der Waals surface area contributed by atoms with E-state index < -0.39 is 16.7 Å². The van der Waals surface area contributed by atoms with Crippen LogP contribution in [0.2, 0.25) is 0 Å². The Hall–Kier alpha value is -3.75. The van der Waals surface area contributed by atoms with Crippen LogP contribution in [0.25, 0.3) is 0 Å². The smallest absolute Gasteiger partial charge is 0.329 e. The lowest BCUT2D eigenvalue weighted by Gasteiger charge is -2.05. The van der Waals surface area contributed by atoms with Crippen LogP contribution >= 0.6 is 0 Å². The fourth-order valence-corrected chi connectivity index (χ4v) is 1.79. The van der Waals surface area contributed by atoms with Crippen LogP contribution in [0.1, 0.15) is 5.56 Å². The fraction of sp³-hybridized carbons (Fsp3) is 0.0625. The number of hydrogen-bond donors (Lipinski definition) is 2. The van der Waals surface area contributed by atoms with Crippen LogP contribution in [-0.2, 0) is 9.59 Å². The van der Waals surface area contributed by atoms with Gasteiger partial charge >= 0.3 is 11.8 Å². The number of nitro benzene ring substituents is 1. The first-order valence-electron chi connectivity index (χ1n) is 7.02. The molecule has 2 aromatic carbocycles. The number of ether oxygens (including phenoxy) is 1. The van der Waals surface area contributed by atoms with E-state index in [1.165, 1.54) is 37.6 Å². The molecule has 2 N–H and O–H groups in total. The van der Waals surface area contributed by atoms with Crippen molar-refractivity contribution in [3.8, 4) is 5.75 Å². The Morgan fingerprint density at radius 2 is 1.88 bits per heavy atom. The second kappa shape index (κ2) is 8.20. The quantitative estimate of drug-likeness (QED) is 0.370. The molecule has 0 atom stereocenters. The molecule has 0 fully saturated rings. The van der Waals surface area contributed by atoms with Crippen LogP contribution in [0, 0.1) is 10.1 Å². The SMILES string of the molecule is COc1cccc(NC(=O)C(=O)N/N=C\c2ccc([N+](=O)[O-])cc2)c1. The van der Waals surface area contributed by atoms with E-state index in [1.54, 1.807) is 24.3 Å². The molecule has 25 heavy (non-hydrogen) atoms. The van der Waals surface area contributed by atoms with Gasteiger partial charge in [-0.3, -0.25) is 19.7 Å². The van der Waals surface area contributed by atoms with E-state index in [2.05, 4.69) is 15.8 Å². The molecule has 2 aromatic rings. The van der Waals surface area contributed by atoms with Gasteiger partial charge in [-0.05, 0) is 29.8 Å². The van der Waals surface area contributed by atoms with Gasteiger partial charge in [0, 0.05) is 23.9 Å². The minimum Gasteiger partial charge on any atom is -0.497 e. The second-order valence-corrected chi connectivity index (χ2v) is 4.73. The molecule has 0 radical (unpaired) electrons. The summed E-state index contributed by atoms with van der Waals surface area (Å²) in [7, 11) is 1.49. The number of methoxy groups -OCH3 is 1. The molecule has 0 aliphatic rings. The number of hydrazone groups is 1. The third-order valence-corrected chi connectivity index (χ3v) is 3.02. The maximum Gasteiger partial charge on any atom is 0.329 e. The molecular weight excluding hydrogens is 328 g/mol. The third-order valence-electron chi connectivity index (χ3n) is 3.02. The Labute approximate surface area is 142 Å². The molecular formula is C16H14N4O5. The van der Waals surface area contributed by atoms with Gasteiger partial charge in [-0.15, -0.1) is 0 Å². The molecule has 9 heteroatoms. The molecule has 0 aliphatic heterocycles. The van der Waals surface area contributed by atoms with E-state index in [9.17, 15) is 19.7 Å². The molecule has 2 amide bonds. The van der Waals surface area contributed by atoms with Crippen molar-refractivity contribution in [2.75, 3.05) is 12.4 Å². The van der Waals surface area contributed by atoms with Crippen LogP contribution in [0.4, 0.5) is 11.4 Å². The Balaban J connectivity index is 1.90. The zero-order valence-corrected chi connectivity index (χ0v) is 13.1. The Morgan fingerprint density at radius 1 is 1.16 bits per heavy atom. The molecule has 0 aromatic heterocycles. The van der Waals surface area contributed by atoms with Crippen LogP contribution in [0.3, 0.4) is 0 Å². The van der Waals surface area contributed by atoms with Crippen molar-refractivity contribution in [1.82, 2.24) is 5.43 Å². The largest absolute Gasteiger partial charge is 0.497 e. The Bertz CT molecular complexity index is 818. The Morgan fingerprint density at radius 3 is 2.52 bits per heavy atom. The van der Waals surface area contributed by atoms with Crippen LogP contribution in [-0.4, -0.2) is 30.1 Å². The highest BCUT2D eigenvalue weighted by Crippen LogP contribution is 2.16. The number of hydrogen-bond acceptors (Lipinski definition) is 6. The van der Waals surface area contributed by atoms with Crippen LogP contribution < -0.4 is 15.5 Å². The van der Waals surface area contributed by atoms with Gasteiger partial charge in [-0.1, -0.05) is 6.07 Å². The molecule has 0 unspecified atom stereocenters. The van der Waals surface area contributed by atoms with Crippen molar-refractivity contribution in [3.05, 3.63) is 64.2 Å². The van der Waals surface area contributed by atoms with E-state index >= 15 is 0 Å². The first kappa shape index (κ1) is 17.6. The normalized spacial score (nSPS) is 10.3. The average Bonchev–Trinajstić information content (AvgIpc) is 2.62. The van der Waals surface area contributed by atoms with E-state index in [1.807, 2.05) is 0 Å². The molecule has 128 valence electrons. The molecule has 0 saturated heterocycles. The fourth-order valence-electron chi connectivity index (χ4n) is 1.79. The topological polar surface area (TPSA) is 123 Å². The summed E-state index contributed by atoms with van der Waals surface area (Å²) in [5.74, 6) is -1.32. The van der Waals surface area contributed by atoms with E-state index in [0.717, 1.165) is 0 Å². The highest BCUT2D eigenvalue weighted by molar-refractivity contribution is 6.39. The van der Waals surface area contributed by atoms with E-state index in [-0.39, 0.29) is 5.69 Å². The first-order chi connectivity index (χ1) is 12.0. The van der Waals surface area contributed by atoms with Crippen molar-refractivity contribution in [2.45, 2.75) is 0 Å². The van der Waals surface area contributed by atoms with Gasteiger partial charge in [0.1, 0.15) is 5.75 Å². The van der Waals surface area contributed by atoms with Crippen molar-refractivity contribution in [1.29, 1.82) is 0 Å². The lowest BCUT2D eigenvalue weighted by molar-refractivity contribution is -0.384. The zero-order valence-electron chi connectivity index (χ0n) is 13.1. The summed E-state index contributed by atoms with van der Waals surface area (Å²) in [6, 6.07) is 12.1. The summed E-state index contributed by atoms with van der Waals surface area (Å²) >= 11 is 0.